The van der Waals surface area contributed by atoms with Gasteiger partial charge in [-0.15, -0.1) is 0 Å². The van der Waals surface area contributed by atoms with E-state index in [2.05, 4.69) is 82.2 Å². The lowest BCUT2D eigenvalue weighted by Gasteiger charge is -2.39. The van der Waals surface area contributed by atoms with Crippen LogP contribution in [0.15, 0.2) is 72.8 Å². The molecule has 0 N–H and O–H groups in total. The van der Waals surface area contributed by atoms with Gasteiger partial charge in [0.25, 0.3) is 0 Å². The van der Waals surface area contributed by atoms with E-state index in [0.29, 0.717) is 6.04 Å². The van der Waals surface area contributed by atoms with Gasteiger partial charge in [0.2, 0.25) is 0 Å². The van der Waals surface area contributed by atoms with Crippen molar-refractivity contribution >= 4 is 39.9 Å². The predicted molar refractivity (Wildman–Crippen MR) is 165 cm³/mol. The highest BCUT2D eigenvalue weighted by Crippen LogP contribution is 2.32. The van der Waals surface area contributed by atoms with Gasteiger partial charge in [-0.1, -0.05) is 59.6 Å². The van der Waals surface area contributed by atoms with Crippen LogP contribution in [-0.4, -0.2) is 84.1 Å². The third kappa shape index (κ3) is 5.97. The molecule has 6 rings (SSSR count). The summed E-state index contributed by atoms with van der Waals surface area (Å²) in [5, 5.41) is 2.65. The second kappa shape index (κ2) is 12.0. The first-order valence-corrected chi connectivity index (χ1v) is 14.8. The molecule has 0 bridgehead atoms. The number of aromatic nitrogens is 2. The molecule has 1 unspecified atom stereocenters. The molecule has 3 aromatic carbocycles. The number of nitrogens with zero attached hydrogens (tertiary/aromatic N) is 6. The Morgan fingerprint density at radius 3 is 2.02 bits per heavy atom. The SMILES string of the molecule is CN(C)C1CCN(c2nc(CN3CCN(C(c4ccc(Cl)cc4)c4ccc(Cl)cc4)CC3)nc3ccccc23)C1. The van der Waals surface area contributed by atoms with Gasteiger partial charge in [-0.25, -0.2) is 9.97 Å². The average molecular weight is 576 g/mol. The van der Waals surface area contributed by atoms with Crippen LogP contribution in [0.25, 0.3) is 10.9 Å². The maximum absolute atomic E-state index is 6.22. The number of fused-ring (bicyclic) bond motifs is 1. The zero-order chi connectivity index (χ0) is 27.6. The highest BCUT2D eigenvalue weighted by molar-refractivity contribution is 6.30. The fourth-order valence-corrected chi connectivity index (χ4v) is 6.31. The Hall–Kier alpha value is -2.74. The number of piperazine rings is 1. The van der Waals surface area contributed by atoms with E-state index in [9.17, 15) is 0 Å². The smallest absolute Gasteiger partial charge is 0.145 e. The molecule has 1 atom stereocenters. The van der Waals surface area contributed by atoms with Gasteiger partial charge in [-0.3, -0.25) is 9.80 Å². The first-order chi connectivity index (χ1) is 19.4. The van der Waals surface area contributed by atoms with Crippen LogP contribution in [0.5, 0.6) is 0 Å². The van der Waals surface area contributed by atoms with Crippen LogP contribution in [0.3, 0.4) is 0 Å². The number of hydrogen-bond donors (Lipinski definition) is 0. The van der Waals surface area contributed by atoms with E-state index in [1.165, 1.54) is 11.1 Å². The molecule has 8 heteroatoms. The minimum absolute atomic E-state index is 0.153. The predicted octanol–water partition coefficient (Wildman–Crippen LogP) is 5.98. The van der Waals surface area contributed by atoms with Gasteiger partial charge < -0.3 is 9.80 Å². The van der Waals surface area contributed by atoms with Gasteiger partial charge in [0, 0.05) is 60.7 Å². The molecule has 2 aliphatic rings. The minimum Gasteiger partial charge on any atom is -0.354 e. The molecule has 0 aliphatic carbocycles. The second-order valence-electron chi connectivity index (χ2n) is 11.2. The topological polar surface area (TPSA) is 38.7 Å². The highest BCUT2D eigenvalue weighted by Gasteiger charge is 2.29. The standard InChI is InChI=1S/C32H36Cl2N6/c1-37(2)27-15-16-40(21-27)32-28-5-3-4-6-29(28)35-30(36-32)22-38-17-19-39(20-18-38)31(23-7-11-25(33)12-8-23)24-9-13-26(34)14-10-24/h3-14,27,31H,15-22H2,1-2H3. The quantitative estimate of drug-likeness (QED) is 0.270. The summed E-state index contributed by atoms with van der Waals surface area (Å²) in [6.45, 7) is 6.59. The summed E-state index contributed by atoms with van der Waals surface area (Å²) in [6.07, 6.45) is 1.16. The number of benzene rings is 3. The molecule has 2 saturated heterocycles. The maximum atomic E-state index is 6.22. The van der Waals surface area contributed by atoms with E-state index in [1.807, 2.05) is 24.3 Å². The number of halogens is 2. The molecule has 0 amide bonds. The van der Waals surface area contributed by atoms with E-state index in [4.69, 9.17) is 33.2 Å². The molecule has 2 fully saturated rings. The number of hydrogen-bond acceptors (Lipinski definition) is 6. The lowest BCUT2D eigenvalue weighted by atomic mass is 9.96. The van der Waals surface area contributed by atoms with E-state index in [-0.39, 0.29) is 6.04 Å². The molecule has 2 aliphatic heterocycles. The summed E-state index contributed by atoms with van der Waals surface area (Å²) >= 11 is 12.4. The number of rotatable bonds is 7. The van der Waals surface area contributed by atoms with Gasteiger partial charge >= 0.3 is 0 Å². The van der Waals surface area contributed by atoms with Gasteiger partial charge in [0.1, 0.15) is 11.6 Å². The second-order valence-corrected chi connectivity index (χ2v) is 12.0. The molecule has 0 spiro atoms. The lowest BCUT2D eigenvalue weighted by Crippen LogP contribution is -2.47. The molecule has 3 heterocycles. The van der Waals surface area contributed by atoms with Crippen molar-refractivity contribution in [2.45, 2.75) is 25.0 Å². The summed E-state index contributed by atoms with van der Waals surface area (Å²) in [5.41, 5.74) is 3.51. The van der Waals surface area contributed by atoms with Crippen LogP contribution in [0, 0.1) is 0 Å². The van der Waals surface area contributed by atoms with Crippen molar-refractivity contribution < 1.29 is 0 Å². The summed E-state index contributed by atoms with van der Waals surface area (Å²) < 4.78 is 0. The van der Waals surface area contributed by atoms with E-state index in [1.54, 1.807) is 0 Å². The molecular formula is C32H36Cl2N6. The first kappa shape index (κ1) is 27.4. The van der Waals surface area contributed by atoms with Crippen LogP contribution in [-0.2, 0) is 6.54 Å². The van der Waals surface area contributed by atoms with Crippen LogP contribution < -0.4 is 4.90 Å². The van der Waals surface area contributed by atoms with E-state index < -0.39 is 0 Å². The Bertz CT molecular complexity index is 1390. The first-order valence-electron chi connectivity index (χ1n) is 14.1. The zero-order valence-corrected chi connectivity index (χ0v) is 24.7. The van der Waals surface area contributed by atoms with Crippen molar-refractivity contribution in [3.05, 3.63) is 99.8 Å². The van der Waals surface area contributed by atoms with Gasteiger partial charge in [0.15, 0.2) is 0 Å². The van der Waals surface area contributed by atoms with E-state index in [0.717, 1.165) is 84.8 Å². The molecule has 0 radical (unpaired) electrons. The van der Waals surface area contributed by atoms with Crippen LogP contribution in [0.4, 0.5) is 5.82 Å². The van der Waals surface area contributed by atoms with Gasteiger partial charge in [0.05, 0.1) is 18.1 Å². The maximum Gasteiger partial charge on any atom is 0.145 e. The fourth-order valence-electron chi connectivity index (χ4n) is 6.06. The largest absolute Gasteiger partial charge is 0.354 e. The van der Waals surface area contributed by atoms with Crippen molar-refractivity contribution in [1.82, 2.24) is 24.7 Å². The summed E-state index contributed by atoms with van der Waals surface area (Å²) in [7, 11) is 4.34. The molecule has 1 aromatic heterocycles. The number of likely N-dealkylation sites (N-methyl/N-ethyl adjacent to an activating group) is 1. The Kier molecular flexibility index (Phi) is 8.24. The molecular weight excluding hydrogens is 539 g/mol. The van der Waals surface area contributed by atoms with Crippen LogP contribution >= 0.6 is 23.2 Å². The summed E-state index contributed by atoms with van der Waals surface area (Å²) in [5.74, 6) is 1.98. The van der Waals surface area contributed by atoms with Crippen molar-refractivity contribution in [2.75, 3.05) is 58.3 Å². The summed E-state index contributed by atoms with van der Waals surface area (Å²) in [6, 6.07) is 25.6. The van der Waals surface area contributed by atoms with E-state index >= 15 is 0 Å². The van der Waals surface area contributed by atoms with Gasteiger partial charge in [-0.2, -0.15) is 0 Å². The molecule has 0 saturated carbocycles. The van der Waals surface area contributed by atoms with Crippen molar-refractivity contribution in [2.24, 2.45) is 0 Å². The minimum atomic E-state index is 0.153. The van der Waals surface area contributed by atoms with Crippen molar-refractivity contribution in [3.63, 3.8) is 0 Å². The summed E-state index contributed by atoms with van der Waals surface area (Å²) in [4.78, 5) is 20.0. The zero-order valence-electron chi connectivity index (χ0n) is 23.2. The molecule has 208 valence electrons. The molecule has 40 heavy (non-hydrogen) atoms. The Morgan fingerprint density at radius 2 is 1.43 bits per heavy atom. The Balaban J connectivity index is 1.19. The van der Waals surface area contributed by atoms with Crippen molar-refractivity contribution in [1.29, 1.82) is 0 Å². The molecule has 6 nitrogen and oxygen atoms in total. The number of para-hydroxylation sites is 1. The third-order valence-electron chi connectivity index (χ3n) is 8.33. The monoisotopic (exact) mass is 574 g/mol. The average Bonchev–Trinajstić information content (AvgIpc) is 3.47. The highest BCUT2D eigenvalue weighted by atomic mass is 35.5. The normalized spacial score (nSPS) is 18.9. The van der Waals surface area contributed by atoms with Crippen molar-refractivity contribution in [3.8, 4) is 0 Å². The number of anilines is 1. The van der Waals surface area contributed by atoms with Gasteiger partial charge in [-0.05, 0) is 68.0 Å². The van der Waals surface area contributed by atoms with Crippen LogP contribution in [0.2, 0.25) is 10.0 Å². The third-order valence-corrected chi connectivity index (χ3v) is 8.84. The lowest BCUT2D eigenvalue weighted by molar-refractivity contribution is 0.103. The Morgan fingerprint density at radius 1 is 0.800 bits per heavy atom. The molecule has 4 aromatic rings. The van der Waals surface area contributed by atoms with Crippen LogP contribution in [0.1, 0.15) is 29.4 Å². The Labute approximate surface area is 247 Å². The fraction of sp³-hybridized carbons (Fsp3) is 0.375.